The highest BCUT2D eigenvalue weighted by Gasteiger charge is 2.12. The van der Waals surface area contributed by atoms with Crippen LogP contribution in [0.1, 0.15) is 39.7 Å². The molecule has 1 aromatic carbocycles. The highest BCUT2D eigenvalue weighted by atomic mass is 16.7. The van der Waals surface area contributed by atoms with Crippen LogP contribution in [0.25, 0.3) is 11.1 Å². The molecule has 0 radical (unpaired) electrons. The van der Waals surface area contributed by atoms with E-state index in [9.17, 15) is 4.79 Å². The Morgan fingerprint density at radius 1 is 1.33 bits per heavy atom. The van der Waals surface area contributed by atoms with Gasteiger partial charge in [-0.3, -0.25) is 9.40 Å². The highest BCUT2D eigenvalue weighted by Crippen LogP contribution is 2.15. The van der Waals surface area contributed by atoms with E-state index in [1.807, 2.05) is 26.0 Å². The number of rotatable bonds is 1. The van der Waals surface area contributed by atoms with Gasteiger partial charge in [0.1, 0.15) is 0 Å². The maximum absolute atomic E-state index is 11.3. The maximum atomic E-state index is 11.3. The zero-order valence-corrected chi connectivity index (χ0v) is 13.3. The van der Waals surface area contributed by atoms with Gasteiger partial charge >= 0.3 is 5.76 Å². The molecular formula is C15H23N3O3. The van der Waals surface area contributed by atoms with Gasteiger partial charge in [-0.05, 0) is 18.2 Å². The van der Waals surface area contributed by atoms with Crippen LogP contribution in [0.5, 0.6) is 0 Å². The van der Waals surface area contributed by atoms with E-state index in [0.717, 1.165) is 11.1 Å². The Bertz CT molecular complexity index is 656. The monoisotopic (exact) mass is 293 g/mol. The summed E-state index contributed by atoms with van der Waals surface area (Å²) < 4.78 is 6.54. The first-order valence-electron chi connectivity index (χ1n) is 7.19. The predicted octanol–water partition coefficient (Wildman–Crippen LogP) is 2.81. The first kappa shape index (κ1) is 17.0. The highest BCUT2D eigenvalue weighted by molar-refractivity contribution is 6.00. The van der Waals surface area contributed by atoms with Crippen molar-refractivity contribution in [3.05, 3.63) is 34.3 Å². The number of benzene rings is 1. The summed E-state index contributed by atoms with van der Waals surface area (Å²) in [7, 11) is 1.67. The summed E-state index contributed by atoms with van der Waals surface area (Å²) >= 11 is 0. The fourth-order valence-electron chi connectivity index (χ4n) is 1.66. The first-order chi connectivity index (χ1) is 10.2. The van der Waals surface area contributed by atoms with Crippen LogP contribution in [0, 0.1) is 0 Å². The number of fused-ring (bicyclic) bond motifs is 1. The standard InChI is InChI=1S/C10H9N3O3.C3H8.C2H6/c1-13-7-3-2-6(9-11-5-15-12-9)4-8(7)16-10(13)14;1-3-2;1-2/h2-4H,5H2,1H3,(H,11,12);3H2,1-2H3;1-2H3. The number of aliphatic imine (C=N–C) groups is 1. The summed E-state index contributed by atoms with van der Waals surface area (Å²) in [5, 5.41) is 0. The third-order valence-corrected chi connectivity index (χ3v) is 2.52. The number of nitrogens with one attached hydrogen (secondary N) is 1. The molecule has 0 amide bonds. The van der Waals surface area contributed by atoms with E-state index < -0.39 is 0 Å². The predicted molar refractivity (Wildman–Crippen MR) is 84.4 cm³/mol. The SMILES string of the molecule is CC.CCC.Cn1c(=O)oc2cc(C3=NCON3)ccc21. The quantitative estimate of drug-likeness (QED) is 0.877. The van der Waals surface area contributed by atoms with Crippen LogP contribution in [0.3, 0.4) is 0 Å². The van der Waals surface area contributed by atoms with E-state index in [2.05, 4.69) is 24.3 Å². The Morgan fingerprint density at radius 3 is 2.57 bits per heavy atom. The lowest BCUT2D eigenvalue weighted by molar-refractivity contribution is 0.115. The lowest BCUT2D eigenvalue weighted by Crippen LogP contribution is -2.17. The minimum Gasteiger partial charge on any atom is -0.408 e. The average Bonchev–Trinajstić information content (AvgIpc) is 3.11. The molecule has 0 spiro atoms. The lowest BCUT2D eigenvalue weighted by atomic mass is 10.2. The molecule has 0 saturated heterocycles. The molecule has 0 fully saturated rings. The number of hydrogen-bond acceptors (Lipinski definition) is 5. The topological polar surface area (TPSA) is 68.8 Å². The Morgan fingerprint density at radius 2 is 2.00 bits per heavy atom. The van der Waals surface area contributed by atoms with Crippen LogP contribution in [-0.2, 0) is 11.9 Å². The van der Waals surface area contributed by atoms with Crippen LogP contribution in [0.15, 0.2) is 32.4 Å². The van der Waals surface area contributed by atoms with Crippen molar-refractivity contribution in [1.29, 1.82) is 0 Å². The summed E-state index contributed by atoms with van der Waals surface area (Å²) in [5.41, 5.74) is 4.82. The summed E-state index contributed by atoms with van der Waals surface area (Å²) in [6, 6.07) is 5.44. The molecule has 0 saturated carbocycles. The molecule has 1 aromatic heterocycles. The molecule has 6 heteroatoms. The van der Waals surface area contributed by atoms with Gasteiger partial charge in [0.15, 0.2) is 18.1 Å². The Labute approximate surface area is 124 Å². The molecule has 3 rings (SSSR count). The van der Waals surface area contributed by atoms with E-state index >= 15 is 0 Å². The minimum absolute atomic E-state index is 0.298. The third kappa shape index (κ3) is 3.95. The summed E-state index contributed by atoms with van der Waals surface area (Å²) in [6.07, 6.45) is 1.25. The molecule has 21 heavy (non-hydrogen) atoms. The maximum Gasteiger partial charge on any atom is 0.419 e. The zero-order valence-electron chi connectivity index (χ0n) is 13.3. The minimum atomic E-state index is -0.371. The van der Waals surface area contributed by atoms with Gasteiger partial charge in [-0.25, -0.2) is 15.3 Å². The van der Waals surface area contributed by atoms with Crippen molar-refractivity contribution in [3.8, 4) is 0 Å². The number of oxazole rings is 1. The van der Waals surface area contributed by atoms with Crippen LogP contribution in [0.4, 0.5) is 0 Å². The van der Waals surface area contributed by atoms with Crippen molar-refractivity contribution in [2.24, 2.45) is 12.0 Å². The normalized spacial score (nSPS) is 12.7. The number of amidine groups is 1. The Hall–Kier alpha value is -2.08. The van der Waals surface area contributed by atoms with Crippen LogP contribution >= 0.6 is 0 Å². The van der Waals surface area contributed by atoms with E-state index in [0.29, 0.717) is 18.1 Å². The second kappa shape index (κ2) is 8.26. The number of hydroxylamine groups is 1. The van der Waals surface area contributed by atoms with Crippen molar-refractivity contribution in [2.75, 3.05) is 6.73 Å². The fourth-order valence-corrected chi connectivity index (χ4v) is 1.66. The molecule has 1 aliphatic heterocycles. The molecule has 1 aliphatic rings. The van der Waals surface area contributed by atoms with Crippen molar-refractivity contribution in [3.63, 3.8) is 0 Å². The summed E-state index contributed by atoms with van der Waals surface area (Å²) in [6.45, 7) is 8.55. The van der Waals surface area contributed by atoms with Gasteiger partial charge in [-0.1, -0.05) is 34.1 Å². The molecule has 2 aromatic rings. The molecule has 6 nitrogen and oxygen atoms in total. The summed E-state index contributed by atoms with van der Waals surface area (Å²) in [5.74, 6) is 0.276. The van der Waals surface area contributed by atoms with Crippen molar-refractivity contribution in [2.45, 2.75) is 34.1 Å². The number of aromatic nitrogens is 1. The third-order valence-electron chi connectivity index (χ3n) is 2.52. The van der Waals surface area contributed by atoms with Gasteiger partial charge in [0.2, 0.25) is 0 Å². The average molecular weight is 293 g/mol. The molecule has 116 valence electrons. The van der Waals surface area contributed by atoms with Crippen molar-refractivity contribution >= 4 is 16.9 Å². The van der Waals surface area contributed by atoms with Crippen LogP contribution in [-0.4, -0.2) is 17.1 Å². The number of nitrogens with zero attached hydrogens (tertiary/aromatic N) is 2. The molecular weight excluding hydrogens is 270 g/mol. The molecule has 1 N–H and O–H groups in total. The Kier molecular flexibility index (Phi) is 6.68. The van der Waals surface area contributed by atoms with E-state index in [-0.39, 0.29) is 5.76 Å². The second-order valence-electron chi connectivity index (χ2n) is 4.20. The molecule has 0 atom stereocenters. The second-order valence-corrected chi connectivity index (χ2v) is 4.20. The van der Waals surface area contributed by atoms with Crippen molar-refractivity contribution in [1.82, 2.24) is 10.0 Å². The van der Waals surface area contributed by atoms with Crippen LogP contribution < -0.4 is 11.2 Å². The van der Waals surface area contributed by atoms with E-state index in [4.69, 9.17) is 9.25 Å². The first-order valence-corrected chi connectivity index (χ1v) is 7.19. The fraction of sp³-hybridized carbons (Fsp3) is 0.467. The smallest absolute Gasteiger partial charge is 0.408 e. The van der Waals surface area contributed by atoms with Gasteiger partial charge in [-0.15, -0.1) is 0 Å². The van der Waals surface area contributed by atoms with Crippen LogP contribution in [0.2, 0.25) is 0 Å². The van der Waals surface area contributed by atoms with Gasteiger partial charge in [0.05, 0.1) is 5.52 Å². The Balaban J connectivity index is 0.000000395. The van der Waals surface area contributed by atoms with E-state index in [1.54, 1.807) is 13.1 Å². The van der Waals surface area contributed by atoms with Gasteiger partial charge in [0, 0.05) is 12.6 Å². The van der Waals surface area contributed by atoms with Gasteiger partial charge < -0.3 is 4.42 Å². The van der Waals surface area contributed by atoms with Gasteiger partial charge in [0.25, 0.3) is 0 Å². The largest absolute Gasteiger partial charge is 0.419 e. The number of hydrogen-bond donors (Lipinski definition) is 1. The van der Waals surface area contributed by atoms with Crippen molar-refractivity contribution < 1.29 is 9.25 Å². The zero-order chi connectivity index (χ0) is 15.8. The number of aryl methyl sites for hydroxylation is 1. The lowest BCUT2D eigenvalue weighted by Gasteiger charge is -2.00. The van der Waals surface area contributed by atoms with Gasteiger partial charge in [-0.2, -0.15) is 0 Å². The molecule has 0 bridgehead atoms. The summed E-state index contributed by atoms with van der Waals surface area (Å²) in [4.78, 5) is 20.3. The molecule has 0 unspecified atom stereocenters. The molecule has 0 aliphatic carbocycles. The van der Waals surface area contributed by atoms with E-state index in [1.165, 1.54) is 11.0 Å². The molecule has 2 heterocycles.